The van der Waals surface area contributed by atoms with Crippen molar-refractivity contribution < 1.29 is 14.7 Å². The number of hydrogen-bond donors (Lipinski definition) is 1. The lowest BCUT2D eigenvalue weighted by molar-refractivity contribution is -0.140. The summed E-state index contributed by atoms with van der Waals surface area (Å²) in [7, 11) is 3.88. The van der Waals surface area contributed by atoms with E-state index in [1.54, 1.807) is 29.2 Å². The lowest BCUT2D eigenvalue weighted by Crippen LogP contribution is -2.51. The van der Waals surface area contributed by atoms with Crippen LogP contribution in [0.4, 0.5) is 0 Å². The number of aliphatic carboxylic acids is 1. The first-order valence-corrected chi connectivity index (χ1v) is 7.24. The van der Waals surface area contributed by atoms with Crippen molar-refractivity contribution in [1.82, 2.24) is 9.80 Å². The van der Waals surface area contributed by atoms with Gasteiger partial charge in [0, 0.05) is 24.7 Å². The molecule has 0 aromatic heterocycles. The minimum absolute atomic E-state index is 0.0585. The summed E-state index contributed by atoms with van der Waals surface area (Å²) < 4.78 is 0. The Kier molecular flexibility index (Phi) is 4.63. The fourth-order valence-corrected chi connectivity index (χ4v) is 2.98. The largest absolute Gasteiger partial charge is 0.481 e. The molecule has 1 aliphatic rings. The van der Waals surface area contributed by atoms with Crippen LogP contribution >= 0.6 is 0 Å². The summed E-state index contributed by atoms with van der Waals surface area (Å²) in [5, 5.41) is 9.62. The standard InChI is InChI=1S/C16H22N2O3/c1-4-13-14(16(20)21)11-7-5-6-8-12(11)15(19)18(13)10-9-17(2)3/h5-8,13-14H,4,9-10H2,1-3H3,(H,20,21). The van der Waals surface area contributed by atoms with Crippen molar-refractivity contribution in [3.05, 3.63) is 35.4 Å². The quantitative estimate of drug-likeness (QED) is 0.896. The summed E-state index contributed by atoms with van der Waals surface area (Å²) in [6.07, 6.45) is 0.629. The first-order chi connectivity index (χ1) is 9.97. The molecule has 0 aliphatic carbocycles. The molecule has 1 aliphatic heterocycles. The van der Waals surface area contributed by atoms with E-state index in [4.69, 9.17) is 0 Å². The van der Waals surface area contributed by atoms with Gasteiger partial charge in [0.05, 0.1) is 0 Å². The van der Waals surface area contributed by atoms with Crippen LogP contribution in [0.1, 0.15) is 35.2 Å². The number of rotatable bonds is 5. The number of nitrogens with zero attached hydrogens (tertiary/aromatic N) is 2. The summed E-state index contributed by atoms with van der Waals surface area (Å²) in [5.74, 6) is -1.57. The van der Waals surface area contributed by atoms with Gasteiger partial charge in [-0.25, -0.2) is 0 Å². The summed E-state index contributed by atoms with van der Waals surface area (Å²) in [6.45, 7) is 3.20. The van der Waals surface area contributed by atoms with E-state index in [-0.39, 0.29) is 11.9 Å². The molecule has 21 heavy (non-hydrogen) atoms. The number of carboxylic acid groups (broad SMARTS) is 1. The maximum absolute atomic E-state index is 12.7. The Hall–Kier alpha value is -1.88. The Morgan fingerprint density at radius 1 is 1.33 bits per heavy atom. The van der Waals surface area contributed by atoms with Crippen molar-refractivity contribution in [3.63, 3.8) is 0 Å². The topological polar surface area (TPSA) is 60.9 Å². The third-order valence-corrected chi connectivity index (χ3v) is 4.04. The predicted molar refractivity (Wildman–Crippen MR) is 80.5 cm³/mol. The van der Waals surface area contributed by atoms with Crippen LogP contribution in [-0.2, 0) is 4.79 Å². The van der Waals surface area contributed by atoms with Gasteiger partial charge in [0.1, 0.15) is 5.92 Å². The second kappa shape index (κ2) is 6.26. The van der Waals surface area contributed by atoms with E-state index < -0.39 is 11.9 Å². The number of carbonyl (C=O) groups is 2. The van der Waals surface area contributed by atoms with Gasteiger partial charge in [-0.3, -0.25) is 9.59 Å². The second-order valence-electron chi connectivity index (χ2n) is 5.68. The van der Waals surface area contributed by atoms with E-state index in [0.717, 1.165) is 6.54 Å². The highest BCUT2D eigenvalue weighted by Gasteiger charge is 2.42. The van der Waals surface area contributed by atoms with Crippen LogP contribution in [0, 0.1) is 0 Å². The van der Waals surface area contributed by atoms with Gasteiger partial charge in [-0.05, 0) is 32.1 Å². The van der Waals surface area contributed by atoms with Crippen molar-refractivity contribution in [3.8, 4) is 0 Å². The van der Waals surface area contributed by atoms with Crippen molar-refractivity contribution in [2.45, 2.75) is 25.3 Å². The smallest absolute Gasteiger partial charge is 0.313 e. The van der Waals surface area contributed by atoms with Crippen LogP contribution in [-0.4, -0.2) is 60.0 Å². The summed E-state index contributed by atoms with van der Waals surface area (Å²) in [4.78, 5) is 28.1. The van der Waals surface area contributed by atoms with E-state index in [1.165, 1.54) is 0 Å². The Labute approximate surface area is 125 Å². The van der Waals surface area contributed by atoms with Crippen LogP contribution < -0.4 is 0 Å². The number of benzene rings is 1. The molecule has 5 nitrogen and oxygen atoms in total. The van der Waals surface area contributed by atoms with Crippen LogP contribution in [0.5, 0.6) is 0 Å². The third-order valence-electron chi connectivity index (χ3n) is 4.04. The first kappa shape index (κ1) is 15.5. The highest BCUT2D eigenvalue weighted by molar-refractivity contribution is 6.00. The maximum atomic E-state index is 12.7. The molecule has 2 unspecified atom stereocenters. The molecule has 1 aromatic rings. The summed E-state index contributed by atoms with van der Waals surface area (Å²) in [6, 6.07) is 6.78. The molecule has 0 radical (unpaired) electrons. The van der Waals surface area contributed by atoms with Gasteiger partial charge in [0.15, 0.2) is 0 Å². The van der Waals surface area contributed by atoms with Gasteiger partial charge in [-0.1, -0.05) is 25.1 Å². The minimum Gasteiger partial charge on any atom is -0.481 e. The highest BCUT2D eigenvalue weighted by atomic mass is 16.4. The average Bonchev–Trinajstić information content (AvgIpc) is 2.45. The van der Waals surface area contributed by atoms with Gasteiger partial charge in [-0.2, -0.15) is 0 Å². The molecule has 0 bridgehead atoms. The Bertz CT molecular complexity index is 542. The van der Waals surface area contributed by atoms with Crippen LogP contribution in [0.2, 0.25) is 0 Å². The zero-order valence-electron chi connectivity index (χ0n) is 12.7. The number of carbonyl (C=O) groups excluding carboxylic acids is 1. The molecule has 1 amide bonds. The van der Waals surface area contributed by atoms with Crippen LogP contribution in [0.25, 0.3) is 0 Å². The first-order valence-electron chi connectivity index (χ1n) is 7.24. The van der Waals surface area contributed by atoms with Gasteiger partial charge in [-0.15, -0.1) is 0 Å². The molecule has 114 valence electrons. The summed E-state index contributed by atoms with van der Waals surface area (Å²) >= 11 is 0. The number of carboxylic acids is 1. The van der Waals surface area contributed by atoms with Crippen LogP contribution in [0.15, 0.2) is 24.3 Å². The van der Waals surface area contributed by atoms with Gasteiger partial charge in [0.2, 0.25) is 0 Å². The van der Waals surface area contributed by atoms with Crippen molar-refractivity contribution >= 4 is 11.9 Å². The van der Waals surface area contributed by atoms with E-state index in [0.29, 0.717) is 24.1 Å². The number of amides is 1. The van der Waals surface area contributed by atoms with E-state index in [2.05, 4.69) is 0 Å². The molecule has 1 N–H and O–H groups in total. The predicted octanol–water partition coefficient (Wildman–Crippen LogP) is 1.65. The third kappa shape index (κ3) is 2.93. The molecule has 2 rings (SSSR count). The molecule has 1 aromatic carbocycles. The van der Waals surface area contributed by atoms with Gasteiger partial charge < -0.3 is 14.9 Å². The fourth-order valence-electron chi connectivity index (χ4n) is 2.98. The Morgan fingerprint density at radius 3 is 2.57 bits per heavy atom. The molecular formula is C16H22N2O3. The molecule has 0 spiro atoms. The van der Waals surface area contributed by atoms with Crippen molar-refractivity contribution in [2.24, 2.45) is 0 Å². The van der Waals surface area contributed by atoms with E-state index in [1.807, 2.05) is 25.9 Å². The van der Waals surface area contributed by atoms with Crippen molar-refractivity contribution in [2.75, 3.05) is 27.2 Å². The molecule has 0 fully saturated rings. The SMILES string of the molecule is CCC1C(C(=O)O)c2ccccc2C(=O)N1CCN(C)C. The Balaban J connectivity index is 2.44. The number of hydrogen-bond acceptors (Lipinski definition) is 3. The van der Waals surface area contributed by atoms with Crippen molar-refractivity contribution in [1.29, 1.82) is 0 Å². The highest BCUT2D eigenvalue weighted by Crippen LogP contribution is 2.34. The molecule has 1 heterocycles. The molecule has 0 saturated heterocycles. The normalized spacial score (nSPS) is 21.5. The van der Waals surface area contributed by atoms with E-state index >= 15 is 0 Å². The molecule has 2 atom stereocenters. The molecular weight excluding hydrogens is 268 g/mol. The lowest BCUT2D eigenvalue weighted by atomic mass is 9.81. The number of fused-ring (bicyclic) bond motifs is 1. The van der Waals surface area contributed by atoms with Gasteiger partial charge in [0.25, 0.3) is 5.91 Å². The Morgan fingerprint density at radius 2 is 2.00 bits per heavy atom. The van der Waals surface area contributed by atoms with Crippen LogP contribution in [0.3, 0.4) is 0 Å². The second-order valence-corrected chi connectivity index (χ2v) is 5.68. The fraction of sp³-hybridized carbons (Fsp3) is 0.500. The molecule has 5 heteroatoms. The zero-order valence-corrected chi connectivity index (χ0v) is 12.7. The minimum atomic E-state index is -0.864. The zero-order chi connectivity index (χ0) is 15.6. The number of likely N-dealkylation sites (N-methyl/N-ethyl adjacent to an activating group) is 1. The monoisotopic (exact) mass is 290 g/mol. The van der Waals surface area contributed by atoms with E-state index in [9.17, 15) is 14.7 Å². The lowest BCUT2D eigenvalue weighted by Gasteiger charge is -2.40. The molecule has 0 saturated carbocycles. The van der Waals surface area contributed by atoms with Gasteiger partial charge >= 0.3 is 5.97 Å². The summed E-state index contributed by atoms with van der Waals surface area (Å²) in [5.41, 5.74) is 1.16. The maximum Gasteiger partial charge on any atom is 0.313 e. The average molecular weight is 290 g/mol.